The highest BCUT2D eigenvalue weighted by molar-refractivity contribution is 5.74. The molecule has 1 rings (SSSR count). The van der Waals surface area contributed by atoms with Gasteiger partial charge in [-0.25, -0.2) is 4.79 Å². The molecule has 0 saturated heterocycles. The number of aldehydes is 1. The van der Waals surface area contributed by atoms with E-state index in [9.17, 15) is 9.59 Å². The van der Waals surface area contributed by atoms with Crippen molar-refractivity contribution in [1.29, 1.82) is 0 Å². The van der Waals surface area contributed by atoms with E-state index in [4.69, 9.17) is 9.47 Å². The number of nitrogens with one attached hydrogen (secondary N) is 1. The van der Waals surface area contributed by atoms with Crippen LogP contribution in [0.4, 0.5) is 4.79 Å². The molecule has 0 radical (unpaired) electrons. The van der Waals surface area contributed by atoms with Gasteiger partial charge in [0.2, 0.25) is 0 Å². The minimum Gasteiger partial charge on any atom is -0.491 e. The molecule has 2 atom stereocenters. The zero-order chi connectivity index (χ0) is 19.2. The van der Waals surface area contributed by atoms with E-state index in [1.54, 1.807) is 20.8 Å². The lowest BCUT2D eigenvalue weighted by Gasteiger charge is -2.31. The van der Waals surface area contributed by atoms with Crippen molar-refractivity contribution in [3.63, 3.8) is 0 Å². The van der Waals surface area contributed by atoms with Crippen LogP contribution in [0.5, 0.6) is 5.75 Å². The molecule has 1 aromatic rings. The number of alkyl carbamates (subject to hydrolysis) is 1. The lowest BCUT2D eigenvalue weighted by Crippen LogP contribution is -2.46. The van der Waals surface area contributed by atoms with Crippen LogP contribution in [0.1, 0.15) is 46.2 Å². The summed E-state index contributed by atoms with van der Waals surface area (Å²) in [6, 6.07) is 6.47. The van der Waals surface area contributed by atoms with Gasteiger partial charge in [0.1, 0.15) is 23.7 Å². The molecule has 0 fully saturated rings. The van der Waals surface area contributed by atoms with E-state index in [2.05, 4.69) is 5.32 Å². The van der Waals surface area contributed by atoms with Gasteiger partial charge in [0.25, 0.3) is 0 Å². The molecule has 0 aliphatic rings. The average molecular weight is 350 g/mol. The van der Waals surface area contributed by atoms with E-state index < -0.39 is 17.7 Å². The van der Waals surface area contributed by atoms with Crippen LogP contribution < -0.4 is 10.1 Å². The molecule has 140 valence electrons. The van der Waals surface area contributed by atoms with Crippen LogP contribution in [0, 0.1) is 0 Å². The zero-order valence-electron chi connectivity index (χ0n) is 16.2. The number of rotatable bonds is 7. The smallest absolute Gasteiger partial charge is 0.408 e. The van der Waals surface area contributed by atoms with Gasteiger partial charge < -0.3 is 24.5 Å². The molecule has 1 amide bonds. The Morgan fingerprint density at radius 1 is 1.16 bits per heavy atom. The Hall–Kier alpha value is -2.08. The SMILES string of the molecule is CC(C)Oc1ccc(C(C(C=O)NC(=O)OC(C)(C)C)N(C)C)cc1. The van der Waals surface area contributed by atoms with Crippen molar-refractivity contribution in [3.8, 4) is 5.75 Å². The summed E-state index contributed by atoms with van der Waals surface area (Å²) in [6.45, 7) is 9.26. The first-order valence-corrected chi connectivity index (χ1v) is 8.41. The van der Waals surface area contributed by atoms with Crippen LogP contribution in [-0.4, -0.2) is 49.1 Å². The number of hydrogen-bond acceptors (Lipinski definition) is 5. The van der Waals surface area contributed by atoms with Gasteiger partial charge >= 0.3 is 6.09 Å². The highest BCUT2D eigenvalue weighted by atomic mass is 16.6. The van der Waals surface area contributed by atoms with Gasteiger partial charge in [-0.1, -0.05) is 12.1 Å². The van der Waals surface area contributed by atoms with Crippen LogP contribution in [0.3, 0.4) is 0 Å². The minimum atomic E-state index is -0.735. The van der Waals surface area contributed by atoms with Crippen molar-refractivity contribution < 1.29 is 19.1 Å². The molecule has 1 aromatic carbocycles. The Labute approximate surface area is 150 Å². The van der Waals surface area contributed by atoms with Crippen LogP contribution in [0.2, 0.25) is 0 Å². The number of ether oxygens (including phenoxy) is 2. The van der Waals surface area contributed by atoms with Gasteiger partial charge in [-0.2, -0.15) is 0 Å². The second-order valence-corrected chi connectivity index (χ2v) is 7.45. The van der Waals surface area contributed by atoms with Gasteiger partial charge in [-0.15, -0.1) is 0 Å². The summed E-state index contributed by atoms with van der Waals surface area (Å²) in [5, 5.41) is 2.65. The van der Waals surface area contributed by atoms with Crippen molar-refractivity contribution in [1.82, 2.24) is 10.2 Å². The minimum absolute atomic E-state index is 0.0899. The number of amides is 1. The largest absolute Gasteiger partial charge is 0.491 e. The molecule has 0 aromatic heterocycles. The van der Waals surface area contributed by atoms with E-state index >= 15 is 0 Å². The Morgan fingerprint density at radius 3 is 2.12 bits per heavy atom. The van der Waals surface area contributed by atoms with E-state index in [0.29, 0.717) is 0 Å². The fraction of sp³-hybridized carbons (Fsp3) is 0.579. The second kappa shape index (κ2) is 8.85. The number of nitrogens with zero attached hydrogens (tertiary/aromatic N) is 1. The Kier molecular flexibility index (Phi) is 7.42. The van der Waals surface area contributed by atoms with E-state index in [1.807, 2.05) is 57.1 Å². The van der Waals surface area contributed by atoms with Gasteiger partial charge in [-0.3, -0.25) is 0 Å². The van der Waals surface area contributed by atoms with Crippen molar-refractivity contribution in [2.45, 2.75) is 58.4 Å². The number of likely N-dealkylation sites (N-methyl/N-ethyl adjacent to an activating group) is 1. The summed E-state index contributed by atoms with van der Waals surface area (Å²) in [6.07, 6.45) is 0.205. The molecule has 25 heavy (non-hydrogen) atoms. The first kappa shape index (κ1) is 21.0. The normalized spacial score (nSPS) is 14.1. The molecule has 2 unspecified atom stereocenters. The van der Waals surface area contributed by atoms with Crippen molar-refractivity contribution in [2.24, 2.45) is 0 Å². The summed E-state index contributed by atoms with van der Waals surface area (Å²) in [7, 11) is 3.72. The number of benzene rings is 1. The number of hydrogen-bond donors (Lipinski definition) is 1. The lowest BCUT2D eigenvalue weighted by atomic mass is 9.99. The second-order valence-electron chi connectivity index (χ2n) is 7.45. The Morgan fingerprint density at radius 2 is 1.72 bits per heavy atom. The van der Waals surface area contributed by atoms with E-state index in [1.165, 1.54) is 0 Å². The summed E-state index contributed by atoms with van der Waals surface area (Å²) in [5.41, 5.74) is 0.273. The third kappa shape index (κ3) is 7.13. The van der Waals surface area contributed by atoms with Crippen molar-refractivity contribution in [3.05, 3.63) is 29.8 Å². The predicted molar refractivity (Wildman–Crippen MR) is 97.9 cm³/mol. The average Bonchev–Trinajstić information content (AvgIpc) is 2.45. The third-order valence-corrected chi connectivity index (χ3v) is 3.32. The van der Waals surface area contributed by atoms with Crippen LogP contribution in [-0.2, 0) is 9.53 Å². The Balaban J connectivity index is 2.96. The molecular formula is C19H30N2O4. The lowest BCUT2D eigenvalue weighted by molar-refractivity contribution is -0.111. The molecule has 6 heteroatoms. The highest BCUT2D eigenvalue weighted by Crippen LogP contribution is 2.24. The van der Waals surface area contributed by atoms with Crippen LogP contribution in [0.15, 0.2) is 24.3 Å². The summed E-state index contributed by atoms with van der Waals surface area (Å²) in [4.78, 5) is 25.5. The van der Waals surface area contributed by atoms with Gasteiger partial charge in [0, 0.05) is 0 Å². The van der Waals surface area contributed by atoms with E-state index in [-0.39, 0.29) is 12.1 Å². The number of carbonyl (C=O) groups is 2. The van der Waals surface area contributed by atoms with Gasteiger partial charge in [0.05, 0.1) is 12.1 Å². The fourth-order valence-electron chi connectivity index (χ4n) is 2.47. The fourth-order valence-corrected chi connectivity index (χ4v) is 2.47. The van der Waals surface area contributed by atoms with Gasteiger partial charge in [0.15, 0.2) is 0 Å². The first-order chi connectivity index (χ1) is 11.5. The summed E-state index contributed by atoms with van der Waals surface area (Å²) >= 11 is 0. The zero-order valence-corrected chi connectivity index (χ0v) is 16.2. The maximum Gasteiger partial charge on any atom is 0.408 e. The summed E-state index contributed by atoms with van der Waals surface area (Å²) in [5.74, 6) is 0.763. The monoisotopic (exact) mass is 350 g/mol. The molecule has 0 spiro atoms. The quantitative estimate of drug-likeness (QED) is 0.765. The number of carbonyl (C=O) groups excluding carboxylic acids is 2. The predicted octanol–water partition coefficient (Wildman–Crippen LogP) is 3.17. The Bertz CT molecular complexity index is 562. The topological polar surface area (TPSA) is 67.9 Å². The molecule has 1 N–H and O–H groups in total. The standard InChI is InChI=1S/C19H30N2O4/c1-13(2)24-15-10-8-14(9-11-15)17(21(6)7)16(12-22)20-18(23)25-19(3,4)5/h8-13,16-17H,1-7H3,(H,20,23). The molecule has 6 nitrogen and oxygen atoms in total. The third-order valence-electron chi connectivity index (χ3n) is 3.32. The first-order valence-electron chi connectivity index (χ1n) is 8.41. The van der Waals surface area contributed by atoms with Crippen molar-refractivity contribution in [2.75, 3.05) is 14.1 Å². The maximum absolute atomic E-state index is 12.0. The van der Waals surface area contributed by atoms with Crippen molar-refractivity contribution >= 4 is 12.4 Å². The van der Waals surface area contributed by atoms with E-state index in [0.717, 1.165) is 17.6 Å². The molecule has 0 saturated carbocycles. The maximum atomic E-state index is 12.0. The molecule has 0 aliphatic carbocycles. The molecule has 0 aliphatic heterocycles. The molecule has 0 bridgehead atoms. The van der Waals surface area contributed by atoms with Gasteiger partial charge in [-0.05, 0) is 66.4 Å². The molecule has 0 heterocycles. The highest BCUT2D eigenvalue weighted by Gasteiger charge is 2.28. The summed E-state index contributed by atoms with van der Waals surface area (Å²) < 4.78 is 10.9. The molecular weight excluding hydrogens is 320 g/mol. The van der Waals surface area contributed by atoms with Crippen LogP contribution in [0.25, 0.3) is 0 Å². The van der Waals surface area contributed by atoms with Crippen LogP contribution >= 0.6 is 0 Å².